The average molecular weight is 394 g/mol. The van der Waals surface area contributed by atoms with Crippen LogP contribution in [0.25, 0.3) is 11.0 Å². The first-order valence-electron chi connectivity index (χ1n) is 5.34. The van der Waals surface area contributed by atoms with Gasteiger partial charge in [0.05, 0.1) is 0 Å². The Kier molecular flexibility index (Phi) is 3.55. The summed E-state index contributed by atoms with van der Waals surface area (Å²) in [5, 5.41) is 0. The molecule has 6 nitrogen and oxygen atoms in total. The van der Waals surface area contributed by atoms with Crippen molar-refractivity contribution in [1.29, 1.82) is 0 Å². The van der Waals surface area contributed by atoms with Gasteiger partial charge in [0.2, 0.25) is 0 Å². The van der Waals surface area contributed by atoms with Crippen molar-refractivity contribution in [2.45, 2.75) is 11.1 Å². The van der Waals surface area contributed by atoms with Gasteiger partial charge in [0.1, 0.15) is 0 Å². The minimum atomic E-state index is -3.72. The molecule has 0 amide bonds. The average Bonchev–Trinajstić information content (AvgIpc) is 2.96. The second kappa shape index (κ2) is 5.09. The third-order valence-electron chi connectivity index (χ3n) is 2.50. The number of aryl methyl sites for hydroxylation is 1. The van der Waals surface area contributed by atoms with Crippen molar-refractivity contribution < 1.29 is 8.42 Å². The van der Waals surface area contributed by atoms with Gasteiger partial charge in [-0.3, -0.25) is 0 Å². The molecule has 1 aromatic carbocycles. The van der Waals surface area contributed by atoms with Crippen LogP contribution >= 0.6 is 22.9 Å². The fraction of sp³-hybridized carbons (Fsp3) is 0.100. The third kappa shape index (κ3) is 2.47. The molecule has 0 saturated carbocycles. The summed E-state index contributed by atoms with van der Waals surface area (Å²) in [6.07, 6.45) is 0. The van der Waals surface area contributed by atoms with E-state index in [4.69, 9.17) is 11.6 Å². The minimum absolute atomic E-state index is 0.112. The summed E-state index contributed by atoms with van der Waals surface area (Å²) >= 11 is 6.47. The van der Waals surface area contributed by atoms with E-state index >= 15 is 0 Å². The maximum absolute atomic E-state index is 12.4. The van der Waals surface area contributed by atoms with Gasteiger partial charge in [0.15, 0.2) is 0 Å². The summed E-state index contributed by atoms with van der Waals surface area (Å²) < 4.78 is 36.0. The molecule has 0 aliphatic rings. The number of anilines is 1. The van der Waals surface area contributed by atoms with Crippen molar-refractivity contribution in [2.24, 2.45) is 0 Å². The Bertz CT molecular complexity index is 890. The van der Waals surface area contributed by atoms with Crippen LogP contribution < -0.4 is 4.72 Å². The van der Waals surface area contributed by atoms with E-state index in [0.717, 1.165) is 11.3 Å². The van der Waals surface area contributed by atoms with Crippen molar-refractivity contribution in [3.63, 3.8) is 0 Å². The van der Waals surface area contributed by atoms with Crippen LogP contribution in [0.4, 0.5) is 5.69 Å². The first kappa shape index (κ1) is 14.0. The van der Waals surface area contributed by atoms with Crippen LogP contribution in [0.3, 0.4) is 0 Å². The van der Waals surface area contributed by atoms with Gasteiger partial charge in [-0.1, -0.05) is 0 Å². The van der Waals surface area contributed by atoms with E-state index in [1.54, 1.807) is 25.1 Å². The molecular weight excluding hydrogens is 387 g/mol. The van der Waals surface area contributed by atoms with Crippen molar-refractivity contribution in [1.82, 2.24) is 12.9 Å². The van der Waals surface area contributed by atoms with E-state index in [1.807, 2.05) is 0 Å². The number of aromatic nitrogens is 3. The molecule has 10 heteroatoms. The number of hydrogen-bond donors (Lipinski definition) is 1. The normalized spacial score (nSPS) is 11.9. The number of benzene rings is 1. The summed E-state index contributed by atoms with van der Waals surface area (Å²) in [6, 6.07) is 5.21. The summed E-state index contributed by atoms with van der Waals surface area (Å²) in [6.45, 7) is 1.61. The predicted octanol–water partition coefficient (Wildman–Crippen LogP) is 1.91. The molecule has 2 heterocycles. The van der Waals surface area contributed by atoms with E-state index in [2.05, 4.69) is 17.7 Å². The van der Waals surface area contributed by atoms with E-state index in [9.17, 15) is 8.42 Å². The van der Waals surface area contributed by atoms with Gasteiger partial charge in [-0.2, -0.15) is 0 Å². The molecule has 2 aromatic heterocycles. The number of halogens is 1. The van der Waals surface area contributed by atoms with Gasteiger partial charge in [-0.15, -0.1) is 0 Å². The molecule has 20 heavy (non-hydrogen) atoms. The fourth-order valence-electron chi connectivity index (χ4n) is 1.68. The standard InChI is InChI=1S/C10H7ClN4O2S2Se/c1-5-9(18-10(11)12-5)19(16,17)13-6-3-2-4-7-8(6)15-20-14-7/h2-4,13H,1H3. The Labute approximate surface area is 130 Å². The molecule has 0 saturated heterocycles. The molecule has 0 aliphatic carbocycles. The van der Waals surface area contributed by atoms with Crippen LogP contribution in [0.5, 0.6) is 0 Å². The Balaban J connectivity index is 2.06. The topological polar surface area (TPSA) is 84.8 Å². The molecular formula is C10H7ClN4O2S2Se. The zero-order valence-electron chi connectivity index (χ0n) is 9.99. The summed E-state index contributed by atoms with van der Waals surface area (Å²) in [4.78, 5) is 3.92. The number of fused-ring (bicyclic) bond motifs is 1. The second-order valence-electron chi connectivity index (χ2n) is 3.88. The Hall–Kier alpha value is -0.991. The fourth-order valence-corrected chi connectivity index (χ4v) is 5.64. The molecule has 0 radical (unpaired) electrons. The van der Waals surface area contributed by atoms with Gasteiger partial charge >= 0.3 is 130 Å². The zero-order valence-corrected chi connectivity index (χ0v) is 14.1. The Morgan fingerprint density at radius 3 is 2.85 bits per heavy atom. The van der Waals surface area contributed by atoms with Crippen LogP contribution in [0.2, 0.25) is 4.47 Å². The van der Waals surface area contributed by atoms with Gasteiger partial charge in [-0.05, 0) is 0 Å². The Morgan fingerprint density at radius 2 is 2.15 bits per heavy atom. The second-order valence-corrected chi connectivity index (χ2v) is 8.45. The molecule has 0 bridgehead atoms. The molecule has 0 unspecified atom stereocenters. The number of hydrogen-bond acceptors (Lipinski definition) is 6. The van der Waals surface area contributed by atoms with E-state index in [-0.39, 0.29) is 23.6 Å². The monoisotopic (exact) mass is 394 g/mol. The van der Waals surface area contributed by atoms with Gasteiger partial charge in [0.25, 0.3) is 0 Å². The number of sulfonamides is 1. The van der Waals surface area contributed by atoms with Crippen molar-refractivity contribution in [3.8, 4) is 0 Å². The molecule has 104 valence electrons. The molecule has 1 N–H and O–H groups in total. The summed E-state index contributed by atoms with van der Waals surface area (Å²) in [7, 11) is -3.72. The number of nitrogens with zero attached hydrogens (tertiary/aromatic N) is 3. The summed E-state index contributed by atoms with van der Waals surface area (Å²) in [5.74, 6) is 0. The van der Waals surface area contributed by atoms with Crippen LogP contribution in [0.1, 0.15) is 5.69 Å². The number of rotatable bonds is 3. The molecule has 0 atom stereocenters. The first-order valence-corrected chi connectivity index (χ1v) is 9.55. The van der Waals surface area contributed by atoms with Crippen LogP contribution in [-0.4, -0.2) is 36.3 Å². The Morgan fingerprint density at radius 1 is 1.35 bits per heavy atom. The van der Waals surface area contributed by atoms with Gasteiger partial charge < -0.3 is 0 Å². The SMILES string of the molecule is Cc1nc(Cl)sc1S(=O)(=O)Nc1cccc2n[se]nc12. The quantitative estimate of drug-likeness (QED) is 0.687. The number of thiazole rings is 1. The van der Waals surface area contributed by atoms with Crippen LogP contribution in [0.15, 0.2) is 22.4 Å². The van der Waals surface area contributed by atoms with E-state index in [0.29, 0.717) is 22.4 Å². The maximum atomic E-state index is 12.4. The molecule has 0 fully saturated rings. The number of nitrogens with one attached hydrogen (secondary N) is 1. The molecule has 3 aromatic rings. The molecule has 3 rings (SSSR count). The summed E-state index contributed by atoms with van der Waals surface area (Å²) in [5.41, 5.74) is 2.11. The first-order chi connectivity index (χ1) is 9.47. The molecule has 0 spiro atoms. The molecule has 0 aliphatic heterocycles. The third-order valence-corrected chi connectivity index (χ3v) is 6.88. The predicted molar refractivity (Wildman–Crippen MR) is 79.1 cm³/mol. The van der Waals surface area contributed by atoms with Gasteiger partial charge in [0, 0.05) is 0 Å². The van der Waals surface area contributed by atoms with Crippen LogP contribution in [0, 0.1) is 6.92 Å². The van der Waals surface area contributed by atoms with E-state index in [1.165, 1.54) is 0 Å². The van der Waals surface area contributed by atoms with Gasteiger partial charge in [-0.25, -0.2) is 0 Å². The zero-order chi connectivity index (χ0) is 14.3. The van der Waals surface area contributed by atoms with Crippen molar-refractivity contribution in [2.75, 3.05) is 4.72 Å². The van der Waals surface area contributed by atoms with Crippen molar-refractivity contribution in [3.05, 3.63) is 28.4 Å². The van der Waals surface area contributed by atoms with Crippen LogP contribution in [-0.2, 0) is 10.0 Å². The van der Waals surface area contributed by atoms with Crippen molar-refractivity contribution >= 4 is 64.6 Å². The van der Waals surface area contributed by atoms with E-state index < -0.39 is 10.0 Å².